The number of amides is 1. The second kappa shape index (κ2) is 8.64. The molecule has 0 aliphatic heterocycles. The summed E-state index contributed by atoms with van der Waals surface area (Å²) in [4.78, 5) is 16.0. The van der Waals surface area contributed by atoms with Crippen LogP contribution >= 0.6 is 0 Å². The Balaban J connectivity index is 1.53. The van der Waals surface area contributed by atoms with E-state index in [1.165, 1.54) is 19.1 Å². The Hall–Kier alpha value is -3.98. The first-order valence-corrected chi connectivity index (χ1v) is 11.2. The molecule has 0 saturated carbocycles. The highest BCUT2D eigenvalue weighted by molar-refractivity contribution is 7.92. The van der Waals surface area contributed by atoms with Crippen molar-refractivity contribution < 1.29 is 17.7 Å². The lowest BCUT2D eigenvalue weighted by atomic mass is 10.1. The molecule has 0 fully saturated rings. The standard InChI is InChI=1S/C23H20N4O4S/c1-15-8-9-18(14-21(15)24-16(2)28)23-25-22(26-31-23)17-10-12-19(13-11-17)27-32(29,30)20-6-4-3-5-7-20/h3-14,27H,1-2H3,(H,24,28). The van der Waals surface area contributed by atoms with Crippen LogP contribution in [-0.4, -0.2) is 24.5 Å². The highest BCUT2D eigenvalue weighted by Crippen LogP contribution is 2.27. The summed E-state index contributed by atoms with van der Waals surface area (Å²) < 4.78 is 32.8. The van der Waals surface area contributed by atoms with Crippen molar-refractivity contribution >= 4 is 27.3 Å². The monoisotopic (exact) mass is 448 g/mol. The van der Waals surface area contributed by atoms with Gasteiger partial charge in [0.15, 0.2) is 0 Å². The van der Waals surface area contributed by atoms with Gasteiger partial charge in [0.2, 0.25) is 11.7 Å². The van der Waals surface area contributed by atoms with Gasteiger partial charge < -0.3 is 9.84 Å². The van der Waals surface area contributed by atoms with Crippen LogP contribution in [0.5, 0.6) is 0 Å². The van der Waals surface area contributed by atoms with Crippen LogP contribution in [0.4, 0.5) is 11.4 Å². The van der Waals surface area contributed by atoms with E-state index in [-0.39, 0.29) is 10.8 Å². The molecule has 0 unspecified atom stereocenters. The number of rotatable bonds is 6. The van der Waals surface area contributed by atoms with Crippen molar-refractivity contribution in [3.63, 3.8) is 0 Å². The Bertz CT molecular complexity index is 1360. The second-order valence-corrected chi connectivity index (χ2v) is 8.81. The average molecular weight is 449 g/mol. The lowest BCUT2D eigenvalue weighted by molar-refractivity contribution is -0.114. The van der Waals surface area contributed by atoms with E-state index in [1.807, 2.05) is 19.1 Å². The van der Waals surface area contributed by atoms with E-state index >= 15 is 0 Å². The van der Waals surface area contributed by atoms with Gasteiger partial charge in [-0.25, -0.2) is 8.42 Å². The summed E-state index contributed by atoms with van der Waals surface area (Å²) in [6, 6.07) is 20.3. The Morgan fingerprint density at radius 1 is 0.938 bits per heavy atom. The third-order valence-electron chi connectivity index (χ3n) is 4.67. The van der Waals surface area contributed by atoms with E-state index in [4.69, 9.17) is 4.52 Å². The van der Waals surface area contributed by atoms with E-state index in [0.717, 1.165) is 5.56 Å². The summed E-state index contributed by atoms with van der Waals surface area (Å²) in [7, 11) is -3.67. The number of nitrogens with zero attached hydrogens (tertiary/aromatic N) is 2. The number of aryl methyl sites for hydroxylation is 1. The first kappa shape index (κ1) is 21.3. The fourth-order valence-corrected chi connectivity index (χ4v) is 4.12. The summed E-state index contributed by atoms with van der Waals surface area (Å²) in [5.41, 5.74) is 3.34. The van der Waals surface area contributed by atoms with Gasteiger partial charge in [-0.15, -0.1) is 0 Å². The summed E-state index contributed by atoms with van der Waals surface area (Å²) in [5.74, 6) is 0.499. The molecule has 0 atom stereocenters. The normalized spacial score (nSPS) is 11.2. The Morgan fingerprint density at radius 3 is 2.31 bits per heavy atom. The third kappa shape index (κ3) is 4.68. The molecule has 9 heteroatoms. The lowest BCUT2D eigenvalue weighted by Crippen LogP contribution is -2.12. The fourth-order valence-electron chi connectivity index (χ4n) is 3.04. The van der Waals surface area contributed by atoms with Crippen molar-refractivity contribution in [2.45, 2.75) is 18.7 Å². The molecule has 1 heterocycles. The van der Waals surface area contributed by atoms with E-state index < -0.39 is 10.0 Å². The first-order valence-electron chi connectivity index (χ1n) is 9.72. The molecule has 0 radical (unpaired) electrons. The number of nitrogens with one attached hydrogen (secondary N) is 2. The lowest BCUT2D eigenvalue weighted by Gasteiger charge is -2.08. The van der Waals surface area contributed by atoms with E-state index in [1.54, 1.807) is 48.5 Å². The molecule has 0 bridgehead atoms. The molecular formula is C23H20N4O4S. The van der Waals surface area contributed by atoms with Gasteiger partial charge >= 0.3 is 0 Å². The predicted octanol–water partition coefficient (Wildman–Crippen LogP) is 4.47. The third-order valence-corrected chi connectivity index (χ3v) is 6.07. The zero-order chi connectivity index (χ0) is 22.7. The fraction of sp³-hybridized carbons (Fsp3) is 0.0870. The number of sulfonamides is 1. The summed E-state index contributed by atoms with van der Waals surface area (Å²) in [6.45, 7) is 3.34. The van der Waals surface area contributed by atoms with Crippen molar-refractivity contribution in [3.8, 4) is 22.8 Å². The Labute approximate surface area is 185 Å². The number of aromatic nitrogens is 2. The maximum Gasteiger partial charge on any atom is 0.261 e. The van der Waals surface area contributed by atoms with Gasteiger partial charge in [0.1, 0.15) is 0 Å². The quantitative estimate of drug-likeness (QED) is 0.450. The van der Waals surface area contributed by atoms with Crippen LogP contribution in [0.15, 0.2) is 82.2 Å². The van der Waals surface area contributed by atoms with Gasteiger partial charge in [-0.05, 0) is 61.0 Å². The molecule has 0 aliphatic carbocycles. The number of carbonyl (C=O) groups excluding carboxylic acids is 1. The van der Waals surface area contributed by atoms with Crippen molar-refractivity contribution in [3.05, 3.63) is 78.4 Å². The van der Waals surface area contributed by atoms with Crippen LogP contribution in [0.2, 0.25) is 0 Å². The van der Waals surface area contributed by atoms with Crippen molar-refractivity contribution in [2.24, 2.45) is 0 Å². The molecule has 3 aromatic carbocycles. The van der Waals surface area contributed by atoms with Gasteiger partial charge in [0, 0.05) is 29.4 Å². The molecule has 1 amide bonds. The van der Waals surface area contributed by atoms with Crippen molar-refractivity contribution in [1.82, 2.24) is 10.1 Å². The molecule has 4 aromatic rings. The van der Waals surface area contributed by atoms with Crippen LogP contribution in [0.1, 0.15) is 12.5 Å². The van der Waals surface area contributed by atoms with Gasteiger partial charge in [-0.3, -0.25) is 9.52 Å². The van der Waals surface area contributed by atoms with Crippen molar-refractivity contribution in [1.29, 1.82) is 0 Å². The molecule has 0 spiro atoms. The van der Waals surface area contributed by atoms with Crippen LogP contribution in [0.3, 0.4) is 0 Å². The van der Waals surface area contributed by atoms with Crippen LogP contribution in [0, 0.1) is 6.92 Å². The molecule has 1 aromatic heterocycles. The van der Waals surface area contributed by atoms with Gasteiger partial charge in [0.25, 0.3) is 15.9 Å². The highest BCUT2D eigenvalue weighted by atomic mass is 32.2. The van der Waals surface area contributed by atoms with Crippen LogP contribution in [-0.2, 0) is 14.8 Å². The van der Waals surface area contributed by atoms with E-state index in [0.29, 0.717) is 34.2 Å². The molecule has 32 heavy (non-hydrogen) atoms. The topological polar surface area (TPSA) is 114 Å². The maximum absolute atomic E-state index is 12.5. The molecule has 2 N–H and O–H groups in total. The van der Waals surface area contributed by atoms with E-state index in [9.17, 15) is 13.2 Å². The summed E-state index contributed by atoms with van der Waals surface area (Å²) in [5, 5.41) is 6.79. The van der Waals surface area contributed by atoms with Gasteiger partial charge in [0.05, 0.1) is 4.90 Å². The molecule has 4 rings (SSSR count). The smallest absolute Gasteiger partial charge is 0.261 e. The SMILES string of the molecule is CC(=O)Nc1cc(-c2nc(-c3ccc(NS(=O)(=O)c4ccccc4)cc3)no2)ccc1C. The number of anilines is 2. The molecule has 0 aliphatic rings. The highest BCUT2D eigenvalue weighted by Gasteiger charge is 2.15. The first-order chi connectivity index (χ1) is 15.3. The predicted molar refractivity (Wildman–Crippen MR) is 121 cm³/mol. The van der Waals surface area contributed by atoms with Gasteiger partial charge in [-0.1, -0.05) is 29.4 Å². The number of hydrogen-bond donors (Lipinski definition) is 2. The minimum absolute atomic E-state index is 0.167. The molecular weight excluding hydrogens is 428 g/mol. The zero-order valence-electron chi connectivity index (χ0n) is 17.4. The van der Waals surface area contributed by atoms with Crippen molar-refractivity contribution in [2.75, 3.05) is 10.0 Å². The number of hydrogen-bond acceptors (Lipinski definition) is 6. The average Bonchev–Trinajstić information content (AvgIpc) is 3.26. The minimum Gasteiger partial charge on any atom is -0.334 e. The Morgan fingerprint density at radius 2 is 1.62 bits per heavy atom. The molecule has 0 saturated heterocycles. The summed E-state index contributed by atoms with van der Waals surface area (Å²) in [6.07, 6.45) is 0. The van der Waals surface area contributed by atoms with E-state index in [2.05, 4.69) is 20.2 Å². The minimum atomic E-state index is -3.67. The molecule has 8 nitrogen and oxygen atoms in total. The molecule has 162 valence electrons. The van der Waals surface area contributed by atoms with Crippen LogP contribution < -0.4 is 10.0 Å². The second-order valence-electron chi connectivity index (χ2n) is 7.13. The number of carbonyl (C=O) groups is 1. The maximum atomic E-state index is 12.5. The summed E-state index contributed by atoms with van der Waals surface area (Å²) >= 11 is 0. The number of benzene rings is 3. The van der Waals surface area contributed by atoms with Crippen LogP contribution in [0.25, 0.3) is 22.8 Å². The Kier molecular flexibility index (Phi) is 5.74. The zero-order valence-corrected chi connectivity index (χ0v) is 18.2. The largest absolute Gasteiger partial charge is 0.334 e. The van der Waals surface area contributed by atoms with Gasteiger partial charge in [-0.2, -0.15) is 4.98 Å².